The number of carbonyl (C=O) groups excluding carboxylic acids is 2. The molecule has 0 spiro atoms. The number of amides is 1. The Hall–Kier alpha value is -1.02. The first kappa shape index (κ1) is 27.0. The topological polar surface area (TPSA) is 83.1 Å². The van der Waals surface area contributed by atoms with Crippen LogP contribution in [0.4, 0.5) is 0 Å². The van der Waals surface area contributed by atoms with Crippen molar-refractivity contribution in [3.63, 3.8) is 0 Å². The predicted molar refractivity (Wildman–Crippen MR) is 109 cm³/mol. The van der Waals surface area contributed by atoms with Gasteiger partial charge in [-0.1, -0.05) is 27.7 Å². The van der Waals surface area contributed by atoms with E-state index in [1.54, 1.807) is 0 Å². The molecule has 0 saturated heterocycles. The van der Waals surface area contributed by atoms with Crippen molar-refractivity contribution in [2.45, 2.75) is 53.4 Å². The molecule has 28 heavy (non-hydrogen) atoms. The summed E-state index contributed by atoms with van der Waals surface area (Å²) in [6, 6.07) is 0. The Morgan fingerprint density at radius 1 is 0.679 bits per heavy atom. The van der Waals surface area contributed by atoms with Gasteiger partial charge in [-0.3, -0.25) is 9.59 Å². The molecule has 7 heteroatoms. The van der Waals surface area contributed by atoms with Gasteiger partial charge >= 0.3 is 0 Å². The lowest BCUT2D eigenvalue weighted by atomic mass is 10.0. The highest BCUT2D eigenvalue weighted by molar-refractivity contribution is 5.78. The third kappa shape index (κ3) is 21.3. The van der Waals surface area contributed by atoms with Gasteiger partial charge in [-0.25, -0.2) is 0 Å². The third-order valence-corrected chi connectivity index (χ3v) is 3.66. The van der Waals surface area contributed by atoms with Crippen molar-refractivity contribution >= 4 is 11.7 Å². The highest BCUT2D eigenvalue weighted by Gasteiger charge is 2.04. The maximum Gasteiger partial charge on any atom is 0.220 e. The van der Waals surface area contributed by atoms with Crippen LogP contribution in [0.1, 0.15) is 53.4 Å². The standard InChI is InChI=1S/C21H41NO6/c1-18(2)16-20(23)6-5-8-25-10-12-27-14-15-28-13-11-26-9-7-22-21(24)17-19(3)4/h18-19H,5-17H2,1-4H3,(H,22,24). The van der Waals surface area contributed by atoms with E-state index in [9.17, 15) is 9.59 Å². The molecule has 0 aliphatic carbocycles. The molecule has 166 valence electrons. The van der Waals surface area contributed by atoms with Gasteiger partial charge in [0.2, 0.25) is 5.91 Å². The molecular weight excluding hydrogens is 362 g/mol. The number of hydrogen-bond acceptors (Lipinski definition) is 6. The summed E-state index contributed by atoms with van der Waals surface area (Å²) in [5, 5.41) is 2.82. The summed E-state index contributed by atoms with van der Waals surface area (Å²) < 4.78 is 21.6. The summed E-state index contributed by atoms with van der Waals surface area (Å²) in [6.07, 6.45) is 2.57. The van der Waals surface area contributed by atoms with Crippen LogP contribution in [0.3, 0.4) is 0 Å². The normalized spacial score (nSPS) is 11.4. The lowest BCUT2D eigenvalue weighted by molar-refractivity contribution is -0.122. The summed E-state index contributed by atoms with van der Waals surface area (Å²) in [7, 11) is 0. The summed E-state index contributed by atoms with van der Waals surface area (Å²) in [5.41, 5.74) is 0. The molecule has 0 aliphatic heterocycles. The Kier molecular flexibility index (Phi) is 18.6. The number of ketones is 1. The van der Waals surface area contributed by atoms with Crippen molar-refractivity contribution in [1.82, 2.24) is 5.32 Å². The number of carbonyl (C=O) groups is 2. The van der Waals surface area contributed by atoms with E-state index < -0.39 is 0 Å². The molecule has 0 heterocycles. The van der Waals surface area contributed by atoms with Crippen molar-refractivity contribution in [3.05, 3.63) is 0 Å². The fraction of sp³-hybridized carbons (Fsp3) is 0.905. The summed E-state index contributed by atoms with van der Waals surface area (Å²) in [5.74, 6) is 1.17. The Labute approximate surface area is 170 Å². The lowest BCUT2D eigenvalue weighted by Gasteiger charge is -2.09. The highest BCUT2D eigenvalue weighted by Crippen LogP contribution is 2.04. The van der Waals surface area contributed by atoms with Gasteiger partial charge in [0.25, 0.3) is 0 Å². The molecule has 0 unspecified atom stereocenters. The maximum atomic E-state index is 11.5. The minimum absolute atomic E-state index is 0.0654. The first-order valence-electron chi connectivity index (χ1n) is 10.5. The van der Waals surface area contributed by atoms with E-state index in [0.717, 1.165) is 6.42 Å². The van der Waals surface area contributed by atoms with E-state index in [1.807, 2.05) is 13.8 Å². The van der Waals surface area contributed by atoms with Crippen molar-refractivity contribution < 1.29 is 28.5 Å². The lowest BCUT2D eigenvalue weighted by Crippen LogP contribution is -2.28. The van der Waals surface area contributed by atoms with Crippen LogP contribution in [0.5, 0.6) is 0 Å². The molecule has 1 N–H and O–H groups in total. The SMILES string of the molecule is CC(C)CC(=O)CCCOCCOCCOCCOCCNC(=O)CC(C)C. The number of ether oxygens (including phenoxy) is 4. The highest BCUT2D eigenvalue weighted by atomic mass is 16.6. The van der Waals surface area contributed by atoms with Gasteiger partial charge in [0, 0.05) is 32.4 Å². The van der Waals surface area contributed by atoms with Crippen molar-refractivity contribution in [3.8, 4) is 0 Å². The monoisotopic (exact) mass is 403 g/mol. The van der Waals surface area contributed by atoms with E-state index in [1.165, 1.54) is 0 Å². The Morgan fingerprint density at radius 2 is 1.14 bits per heavy atom. The van der Waals surface area contributed by atoms with Gasteiger partial charge in [-0.05, 0) is 18.3 Å². The summed E-state index contributed by atoms with van der Waals surface area (Å²) >= 11 is 0. The summed E-state index contributed by atoms with van der Waals surface area (Å²) in [6.45, 7) is 12.8. The van der Waals surface area contributed by atoms with Gasteiger partial charge in [0.1, 0.15) is 5.78 Å². The number of Topliss-reactive ketones (excluding diaryl/α,β-unsaturated/α-hetero) is 1. The zero-order chi connectivity index (χ0) is 21.0. The van der Waals surface area contributed by atoms with Crippen LogP contribution in [0.15, 0.2) is 0 Å². The largest absolute Gasteiger partial charge is 0.379 e. The van der Waals surface area contributed by atoms with Gasteiger partial charge in [-0.2, -0.15) is 0 Å². The van der Waals surface area contributed by atoms with Crippen molar-refractivity contribution in [1.29, 1.82) is 0 Å². The van der Waals surface area contributed by atoms with Gasteiger partial charge in [0.15, 0.2) is 0 Å². The third-order valence-electron chi connectivity index (χ3n) is 3.66. The first-order chi connectivity index (χ1) is 13.4. The van der Waals surface area contributed by atoms with Crippen LogP contribution in [-0.4, -0.2) is 71.1 Å². The van der Waals surface area contributed by atoms with Crippen LogP contribution >= 0.6 is 0 Å². The fourth-order valence-corrected chi connectivity index (χ4v) is 2.40. The number of nitrogens with one attached hydrogen (secondary N) is 1. The van der Waals surface area contributed by atoms with Crippen LogP contribution in [0.25, 0.3) is 0 Å². The second kappa shape index (κ2) is 19.3. The maximum absolute atomic E-state index is 11.5. The van der Waals surface area contributed by atoms with Gasteiger partial charge in [-0.15, -0.1) is 0 Å². The minimum Gasteiger partial charge on any atom is -0.379 e. The number of rotatable bonds is 20. The van der Waals surface area contributed by atoms with Crippen molar-refractivity contribution in [2.75, 3.05) is 59.4 Å². The van der Waals surface area contributed by atoms with Crippen LogP contribution in [0.2, 0.25) is 0 Å². The molecule has 0 aromatic heterocycles. The molecule has 0 fully saturated rings. The predicted octanol–water partition coefficient (Wildman–Crippen LogP) is 2.61. The summed E-state index contributed by atoms with van der Waals surface area (Å²) in [4.78, 5) is 23.0. The van der Waals surface area contributed by atoms with E-state index >= 15 is 0 Å². The molecule has 0 saturated carbocycles. The molecule has 0 atom stereocenters. The van der Waals surface area contributed by atoms with E-state index in [2.05, 4.69) is 19.2 Å². The molecule has 0 rings (SSSR count). The molecule has 0 aromatic carbocycles. The Morgan fingerprint density at radius 3 is 1.64 bits per heavy atom. The second-order valence-electron chi connectivity index (χ2n) is 7.64. The Bertz CT molecular complexity index is 351. The molecule has 0 bridgehead atoms. The van der Waals surface area contributed by atoms with Crippen LogP contribution in [-0.2, 0) is 28.5 Å². The van der Waals surface area contributed by atoms with Crippen molar-refractivity contribution in [2.24, 2.45) is 11.8 Å². The molecular formula is C21H41NO6. The average Bonchev–Trinajstić information content (AvgIpc) is 2.60. The molecule has 0 aromatic rings. The van der Waals surface area contributed by atoms with Crippen LogP contribution in [0, 0.1) is 11.8 Å². The smallest absolute Gasteiger partial charge is 0.220 e. The molecule has 7 nitrogen and oxygen atoms in total. The van der Waals surface area contributed by atoms with Gasteiger partial charge in [0.05, 0.1) is 46.2 Å². The zero-order valence-corrected chi connectivity index (χ0v) is 18.3. The van der Waals surface area contributed by atoms with E-state index in [-0.39, 0.29) is 5.91 Å². The number of hydrogen-bond donors (Lipinski definition) is 1. The fourth-order valence-electron chi connectivity index (χ4n) is 2.40. The Balaban J connectivity index is 3.16. The molecule has 0 radical (unpaired) electrons. The second-order valence-corrected chi connectivity index (χ2v) is 7.64. The quantitative estimate of drug-likeness (QED) is 0.315. The molecule has 0 aliphatic rings. The first-order valence-corrected chi connectivity index (χ1v) is 10.5. The van der Waals surface area contributed by atoms with Crippen LogP contribution < -0.4 is 5.32 Å². The van der Waals surface area contributed by atoms with Gasteiger partial charge < -0.3 is 24.3 Å². The zero-order valence-electron chi connectivity index (χ0n) is 18.3. The minimum atomic E-state index is 0.0654. The average molecular weight is 404 g/mol. The molecule has 1 amide bonds. The van der Waals surface area contributed by atoms with E-state index in [4.69, 9.17) is 18.9 Å². The van der Waals surface area contributed by atoms with E-state index in [0.29, 0.717) is 96.3 Å².